The molecule has 0 aromatic carbocycles. The molecule has 2 N–H and O–H groups in total. The molecule has 2 unspecified atom stereocenters. The van der Waals surface area contributed by atoms with E-state index in [1.54, 1.807) is 7.05 Å². The second kappa shape index (κ2) is 47.9. The van der Waals surface area contributed by atoms with Crippen molar-refractivity contribution in [3.63, 3.8) is 0 Å². The summed E-state index contributed by atoms with van der Waals surface area (Å²) in [5, 5.41) is 2.82. The molecule has 0 aromatic heterocycles. The van der Waals surface area contributed by atoms with Crippen LogP contribution < -0.4 is 5.32 Å². The van der Waals surface area contributed by atoms with Gasteiger partial charge in [0.1, 0.15) is 6.61 Å². The van der Waals surface area contributed by atoms with Crippen molar-refractivity contribution < 1.29 is 37.6 Å². The van der Waals surface area contributed by atoms with E-state index in [1.165, 1.54) is 103 Å². The van der Waals surface area contributed by atoms with Crippen molar-refractivity contribution in [2.45, 2.75) is 213 Å². The number of allylic oxidation sites excluding steroid dienone is 12. The van der Waals surface area contributed by atoms with Crippen LogP contribution >= 0.6 is 7.82 Å². The summed E-state index contributed by atoms with van der Waals surface area (Å²) in [6, 6.07) is 0. The maximum atomic E-state index is 12.7. The van der Waals surface area contributed by atoms with E-state index in [9.17, 15) is 19.0 Å². The Morgan fingerprint density at radius 3 is 1.40 bits per heavy atom. The van der Waals surface area contributed by atoms with Crippen LogP contribution in [0.15, 0.2) is 72.9 Å². The van der Waals surface area contributed by atoms with Gasteiger partial charge in [0.25, 0.3) is 0 Å². The van der Waals surface area contributed by atoms with E-state index in [0.717, 1.165) is 70.6 Å². The molecular formula is C52H92NO8P. The Kier molecular flexibility index (Phi) is 45.9. The molecule has 0 fully saturated rings. The standard InChI is InChI=1S/C52H92NO8P/c1-4-6-8-10-12-14-16-18-20-22-24-25-27-28-30-32-34-36-38-40-42-44-51(54)58-48-50(49-60-62(56,57)59-47-46-53-3)61-52(55)45-43-41-39-37-35-33-31-29-26-23-21-19-17-15-13-11-9-7-5-2/h7,9,13,15,18-21,26,29,33,35,50,53H,4-6,8,10-12,14,16-17,22-25,27-28,30-32,34,36-49H2,1-3H3,(H,56,57)/b9-7-,15-13-,20-18-,21-19-,29-26-,35-33-. The molecule has 0 amide bonds. The van der Waals surface area contributed by atoms with Gasteiger partial charge in [-0.3, -0.25) is 18.6 Å². The van der Waals surface area contributed by atoms with Crippen molar-refractivity contribution in [2.75, 3.05) is 33.4 Å². The fraction of sp³-hybridized carbons (Fsp3) is 0.731. The lowest BCUT2D eigenvalue weighted by Crippen LogP contribution is -2.29. The summed E-state index contributed by atoms with van der Waals surface area (Å²) >= 11 is 0. The first kappa shape index (κ1) is 59.5. The average Bonchev–Trinajstić information content (AvgIpc) is 3.26. The van der Waals surface area contributed by atoms with E-state index in [2.05, 4.69) is 92.1 Å². The first-order valence-corrected chi connectivity index (χ1v) is 26.4. The maximum absolute atomic E-state index is 12.7. The number of carbonyl (C=O) groups is 2. The number of phosphoric ester groups is 1. The zero-order valence-corrected chi connectivity index (χ0v) is 40.7. The lowest BCUT2D eigenvalue weighted by Gasteiger charge is -2.20. The highest BCUT2D eigenvalue weighted by atomic mass is 31.2. The summed E-state index contributed by atoms with van der Waals surface area (Å²) in [6.07, 6.45) is 58.1. The number of hydrogen-bond donors (Lipinski definition) is 2. The number of unbranched alkanes of at least 4 members (excludes halogenated alkanes) is 20. The summed E-state index contributed by atoms with van der Waals surface area (Å²) in [5.41, 5.74) is 0. The Bertz CT molecular complexity index is 1240. The highest BCUT2D eigenvalue weighted by Gasteiger charge is 2.26. The molecule has 0 rings (SSSR count). The van der Waals surface area contributed by atoms with E-state index >= 15 is 0 Å². The minimum atomic E-state index is -4.37. The van der Waals surface area contributed by atoms with Crippen LogP contribution in [0.2, 0.25) is 0 Å². The molecule has 0 aliphatic heterocycles. The van der Waals surface area contributed by atoms with Crippen LogP contribution in [0.1, 0.15) is 206 Å². The Hall–Kier alpha value is -2.55. The van der Waals surface area contributed by atoms with Gasteiger partial charge in [0, 0.05) is 19.4 Å². The smallest absolute Gasteiger partial charge is 0.462 e. The molecule has 62 heavy (non-hydrogen) atoms. The lowest BCUT2D eigenvalue weighted by atomic mass is 10.0. The second-order valence-electron chi connectivity index (χ2n) is 16.3. The van der Waals surface area contributed by atoms with Crippen molar-refractivity contribution in [1.82, 2.24) is 5.32 Å². The monoisotopic (exact) mass is 890 g/mol. The topological polar surface area (TPSA) is 120 Å². The van der Waals surface area contributed by atoms with E-state index in [4.69, 9.17) is 18.5 Å². The second-order valence-corrected chi connectivity index (χ2v) is 17.7. The van der Waals surface area contributed by atoms with E-state index in [0.29, 0.717) is 13.0 Å². The number of hydrogen-bond acceptors (Lipinski definition) is 8. The van der Waals surface area contributed by atoms with E-state index in [1.807, 2.05) is 0 Å². The average molecular weight is 890 g/mol. The van der Waals surface area contributed by atoms with Gasteiger partial charge in [0.2, 0.25) is 0 Å². The fourth-order valence-electron chi connectivity index (χ4n) is 6.57. The predicted octanol–water partition coefficient (Wildman–Crippen LogP) is 14.9. The van der Waals surface area contributed by atoms with Gasteiger partial charge in [-0.1, -0.05) is 183 Å². The molecule has 0 aliphatic carbocycles. The SMILES string of the molecule is CC/C=C\C/C=C\C/C=C\C/C=C\C/C=C\CCCCCC(=O)OC(COC(=O)CCCCCCCCCCCCC/C=C\CCCCCCCC)COP(=O)(O)OCCNC. The van der Waals surface area contributed by atoms with Crippen molar-refractivity contribution >= 4 is 19.8 Å². The largest absolute Gasteiger partial charge is 0.472 e. The highest BCUT2D eigenvalue weighted by molar-refractivity contribution is 7.47. The molecule has 0 aliphatic rings. The first-order chi connectivity index (χ1) is 30.3. The molecule has 0 radical (unpaired) electrons. The quantitative estimate of drug-likeness (QED) is 0.0266. The van der Waals surface area contributed by atoms with Gasteiger partial charge < -0.3 is 19.7 Å². The zero-order valence-electron chi connectivity index (χ0n) is 39.8. The number of phosphoric acid groups is 1. The van der Waals surface area contributed by atoms with Crippen LogP contribution in [-0.2, 0) is 32.7 Å². The van der Waals surface area contributed by atoms with E-state index < -0.39 is 26.5 Å². The summed E-state index contributed by atoms with van der Waals surface area (Å²) in [6.45, 7) is 4.08. The molecule has 9 nitrogen and oxygen atoms in total. The van der Waals surface area contributed by atoms with Gasteiger partial charge in [-0.05, 0) is 90.5 Å². The van der Waals surface area contributed by atoms with Crippen molar-refractivity contribution in [3.05, 3.63) is 72.9 Å². The predicted molar refractivity (Wildman–Crippen MR) is 261 cm³/mol. The van der Waals surface area contributed by atoms with Gasteiger partial charge in [0.15, 0.2) is 6.10 Å². The summed E-state index contributed by atoms with van der Waals surface area (Å²) in [4.78, 5) is 35.2. The molecule has 10 heteroatoms. The van der Waals surface area contributed by atoms with Crippen LogP contribution in [0.4, 0.5) is 0 Å². The van der Waals surface area contributed by atoms with Crippen LogP contribution in [0.3, 0.4) is 0 Å². The minimum Gasteiger partial charge on any atom is -0.462 e. The third-order valence-corrected chi connectivity index (χ3v) is 11.3. The Labute approximate surface area is 380 Å². The van der Waals surface area contributed by atoms with Gasteiger partial charge in [-0.2, -0.15) is 0 Å². The van der Waals surface area contributed by atoms with Crippen molar-refractivity contribution in [1.29, 1.82) is 0 Å². The number of rotatable bonds is 46. The molecule has 0 aromatic rings. The van der Waals surface area contributed by atoms with Crippen LogP contribution in [0.5, 0.6) is 0 Å². The Morgan fingerprint density at radius 1 is 0.516 bits per heavy atom. The number of carbonyl (C=O) groups excluding carboxylic acids is 2. The minimum absolute atomic E-state index is 0.0268. The van der Waals surface area contributed by atoms with Crippen molar-refractivity contribution in [2.24, 2.45) is 0 Å². The Balaban J connectivity index is 4.19. The Morgan fingerprint density at radius 2 is 0.919 bits per heavy atom. The van der Waals surface area contributed by atoms with E-state index in [-0.39, 0.29) is 32.0 Å². The van der Waals surface area contributed by atoms with Gasteiger partial charge >= 0.3 is 19.8 Å². The van der Waals surface area contributed by atoms with Gasteiger partial charge in [-0.15, -0.1) is 0 Å². The molecule has 0 heterocycles. The molecule has 0 spiro atoms. The lowest BCUT2D eigenvalue weighted by molar-refractivity contribution is -0.161. The molecule has 2 atom stereocenters. The highest BCUT2D eigenvalue weighted by Crippen LogP contribution is 2.43. The first-order valence-electron chi connectivity index (χ1n) is 24.9. The van der Waals surface area contributed by atoms with Crippen LogP contribution in [-0.4, -0.2) is 56.3 Å². The van der Waals surface area contributed by atoms with Crippen LogP contribution in [0.25, 0.3) is 0 Å². The molecule has 0 saturated heterocycles. The third kappa shape index (κ3) is 46.9. The summed E-state index contributed by atoms with van der Waals surface area (Å²) in [7, 11) is -2.67. The van der Waals surface area contributed by atoms with Gasteiger partial charge in [-0.25, -0.2) is 4.57 Å². The summed E-state index contributed by atoms with van der Waals surface area (Å²) < 4.78 is 33.3. The molecular weight excluding hydrogens is 798 g/mol. The zero-order chi connectivity index (χ0) is 45.3. The van der Waals surface area contributed by atoms with Crippen molar-refractivity contribution in [3.8, 4) is 0 Å². The van der Waals surface area contributed by atoms with Gasteiger partial charge in [0.05, 0.1) is 13.2 Å². The van der Waals surface area contributed by atoms with Crippen LogP contribution in [0, 0.1) is 0 Å². The molecule has 0 saturated carbocycles. The number of esters is 2. The number of nitrogens with one attached hydrogen (secondary N) is 1. The number of ether oxygens (including phenoxy) is 2. The molecule has 0 bridgehead atoms. The third-order valence-electron chi connectivity index (χ3n) is 10.3. The fourth-order valence-corrected chi connectivity index (χ4v) is 7.33. The maximum Gasteiger partial charge on any atom is 0.472 e. The summed E-state index contributed by atoms with van der Waals surface area (Å²) in [5.74, 6) is -0.845. The molecule has 358 valence electrons. The number of likely N-dealkylation sites (N-methyl/N-ethyl adjacent to an activating group) is 1. The normalized spacial score (nSPS) is 13.8.